The second-order valence-corrected chi connectivity index (χ2v) is 4.78. The standard InChI is InChI=1S/C13H19BrN2O3/c1-15-5-4-13(17)16-8-9-6-11(18-2)12(19-3)7-10(9)14/h6-7,15H,4-5,8H2,1-3H3,(H,16,17). The normalized spacial score (nSPS) is 10.1. The molecule has 5 nitrogen and oxygen atoms in total. The predicted octanol–water partition coefficient (Wildman–Crippen LogP) is 1.69. The van der Waals surface area contributed by atoms with Gasteiger partial charge in [0.25, 0.3) is 0 Å². The van der Waals surface area contributed by atoms with Crippen molar-refractivity contribution >= 4 is 21.8 Å². The molecule has 0 aromatic heterocycles. The van der Waals surface area contributed by atoms with E-state index in [4.69, 9.17) is 9.47 Å². The molecule has 0 aliphatic rings. The Morgan fingerprint density at radius 1 is 1.26 bits per heavy atom. The van der Waals surface area contributed by atoms with Gasteiger partial charge in [-0.1, -0.05) is 15.9 Å². The summed E-state index contributed by atoms with van der Waals surface area (Å²) in [5.41, 5.74) is 0.940. The molecular weight excluding hydrogens is 312 g/mol. The molecule has 0 heterocycles. The Hall–Kier alpha value is -1.27. The van der Waals surface area contributed by atoms with E-state index < -0.39 is 0 Å². The largest absolute Gasteiger partial charge is 0.493 e. The quantitative estimate of drug-likeness (QED) is 0.798. The van der Waals surface area contributed by atoms with Gasteiger partial charge in [0.2, 0.25) is 5.91 Å². The third kappa shape index (κ3) is 4.72. The van der Waals surface area contributed by atoms with E-state index in [1.807, 2.05) is 19.2 Å². The topological polar surface area (TPSA) is 59.6 Å². The van der Waals surface area contributed by atoms with Crippen molar-refractivity contribution < 1.29 is 14.3 Å². The molecule has 0 saturated carbocycles. The highest BCUT2D eigenvalue weighted by molar-refractivity contribution is 9.10. The molecule has 2 N–H and O–H groups in total. The number of carbonyl (C=O) groups is 1. The molecule has 106 valence electrons. The fourth-order valence-corrected chi connectivity index (χ4v) is 2.02. The van der Waals surface area contributed by atoms with Gasteiger partial charge < -0.3 is 20.1 Å². The molecule has 1 rings (SSSR count). The van der Waals surface area contributed by atoms with Crippen LogP contribution in [0.4, 0.5) is 0 Å². The first kappa shape index (κ1) is 15.8. The van der Waals surface area contributed by atoms with Crippen LogP contribution < -0.4 is 20.1 Å². The van der Waals surface area contributed by atoms with Crippen LogP contribution in [-0.4, -0.2) is 33.7 Å². The van der Waals surface area contributed by atoms with Gasteiger partial charge in [-0.05, 0) is 24.7 Å². The summed E-state index contributed by atoms with van der Waals surface area (Å²) in [6.07, 6.45) is 0.460. The van der Waals surface area contributed by atoms with Gasteiger partial charge in [0.05, 0.1) is 14.2 Å². The van der Waals surface area contributed by atoms with E-state index in [-0.39, 0.29) is 5.91 Å². The van der Waals surface area contributed by atoms with E-state index in [9.17, 15) is 4.79 Å². The zero-order valence-corrected chi connectivity index (χ0v) is 13.0. The van der Waals surface area contributed by atoms with Crippen LogP contribution in [0.3, 0.4) is 0 Å². The maximum absolute atomic E-state index is 11.5. The minimum atomic E-state index is 0.0102. The van der Waals surface area contributed by atoms with Crippen molar-refractivity contribution in [3.05, 3.63) is 22.2 Å². The zero-order chi connectivity index (χ0) is 14.3. The number of halogens is 1. The number of hydrogen-bond acceptors (Lipinski definition) is 4. The molecule has 0 radical (unpaired) electrons. The van der Waals surface area contributed by atoms with Gasteiger partial charge in [-0.3, -0.25) is 4.79 Å². The SMILES string of the molecule is CNCCC(=O)NCc1cc(OC)c(OC)cc1Br. The van der Waals surface area contributed by atoms with Crippen molar-refractivity contribution in [3.63, 3.8) is 0 Å². The Kier molecular flexibility index (Phi) is 6.66. The van der Waals surface area contributed by atoms with Gasteiger partial charge in [-0.25, -0.2) is 0 Å². The summed E-state index contributed by atoms with van der Waals surface area (Å²) in [5, 5.41) is 5.79. The van der Waals surface area contributed by atoms with Crippen molar-refractivity contribution in [3.8, 4) is 11.5 Å². The molecule has 6 heteroatoms. The number of rotatable bonds is 7. The number of hydrogen-bond donors (Lipinski definition) is 2. The highest BCUT2D eigenvalue weighted by atomic mass is 79.9. The van der Waals surface area contributed by atoms with Gasteiger partial charge in [0.1, 0.15) is 0 Å². The number of ether oxygens (including phenoxy) is 2. The number of nitrogens with one attached hydrogen (secondary N) is 2. The van der Waals surface area contributed by atoms with Gasteiger partial charge in [-0.15, -0.1) is 0 Å². The predicted molar refractivity (Wildman–Crippen MR) is 77.6 cm³/mol. The summed E-state index contributed by atoms with van der Waals surface area (Å²) >= 11 is 3.45. The van der Waals surface area contributed by atoms with Crippen LogP contribution in [0.15, 0.2) is 16.6 Å². The molecule has 0 atom stereocenters. The molecule has 1 aromatic carbocycles. The first-order valence-corrected chi connectivity index (χ1v) is 6.73. The zero-order valence-electron chi connectivity index (χ0n) is 11.4. The van der Waals surface area contributed by atoms with Crippen LogP contribution in [-0.2, 0) is 11.3 Å². The van der Waals surface area contributed by atoms with Crippen LogP contribution in [0.1, 0.15) is 12.0 Å². The molecule has 0 fully saturated rings. The molecule has 0 saturated heterocycles. The number of amides is 1. The summed E-state index contributed by atoms with van der Waals surface area (Å²) in [6.45, 7) is 1.11. The van der Waals surface area contributed by atoms with Crippen molar-refractivity contribution in [1.82, 2.24) is 10.6 Å². The van der Waals surface area contributed by atoms with Crippen molar-refractivity contribution in [2.24, 2.45) is 0 Å². The molecule has 0 aliphatic heterocycles. The van der Waals surface area contributed by atoms with Crippen LogP contribution in [0.5, 0.6) is 11.5 Å². The average molecular weight is 331 g/mol. The van der Waals surface area contributed by atoms with Crippen molar-refractivity contribution in [2.75, 3.05) is 27.8 Å². The number of methoxy groups -OCH3 is 2. The first-order chi connectivity index (χ1) is 9.12. The molecule has 0 aliphatic carbocycles. The summed E-state index contributed by atoms with van der Waals surface area (Å²) in [7, 11) is 4.99. The van der Waals surface area contributed by atoms with E-state index in [0.29, 0.717) is 31.0 Å². The van der Waals surface area contributed by atoms with Gasteiger partial charge in [0.15, 0.2) is 11.5 Å². The van der Waals surface area contributed by atoms with E-state index in [1.165, 1.54) is 0 Å². The fourth-order valence-electron chi connectivity index (χ4n) is 1.55. The minimum absolute atomic E-state index is 0.0102. The second-order valence-electron chi connectivity index (χ2n) is 3.93. The summed E-state index contributed by atoms with van der Waals surface area (Å²) in [5.74, 6) is 1.31. The Morgan fingerprint density at radius 3 is 2.47 bits per heavy atom. The minimum Gasteiger partial charge on any atom is -0.493 e. The highest BCUT2D eigenvalue weighted by Crippen LogP contribution is 2.33. The summed E-state index contributed by atoms with van der Waals surface area (Å²) in [6, 6.07) is 3.68. The first-order valence-electron chi connectivity index (χ1n) is 5.94. The van der Waals surface area contributed by atoms with Crippen LogP contribution >= 0.6 is 15.9 Å². The summed E-state index contributed by atoms with van der Waals surface area (Å²) in [4.78, 5) is 11.5. The van der Waals surface area contributed by atoms with Gasteiger partial charge in [-0.2, -0.15) is 0 Å². The lowest BCUT2D eigenvalue weighted by atomic mass is 10.2. The van der Waals surface area contributed by atoms with E-state index in [2.05, 4.69) is 26.6 Å². The van der Waals surface area contributed by atoms with E-state index >= 15 is 0 Å². The Balaban J connectivity index is 2.70. The second kappa shape index (κ2) is 8.01. The maximum atomic E-state index is 11.5. The monoisotopic (exact) mass is 330 g/mol. The molecule has 0 spiro atoms. The number of carbonyl (C=O) groups excluding carboxylic acids is 1. The van der Waals surface area contributed by atoms with E-state index in [1.54, 1.807) is 14.2 Å². The van der Waals surface area contributed by atoms with Crippen molar-refractivity contribution in [1.29, 1.82) is 0 Å². The number of benzene rings is 1. The molecule has 1 aromatic rings. The van der Waals surface area contributed by atoms with Gasteiger partial charge >= 0.3 is 0 Å². The van der Waals surface area contributed by atoms with E-state index in [0.717, 1.165) is 10.0 Å². The lowest BCUT2D eigenvalue weighted by Gasteiger charge is -2.12. The molecule has 0 unspecified atom stereocenters. The van der Waals surface area contributed by atoms with Gasteiger partial charge in [0, 0.05) is 24.0 Å². The smallest absolute Gasteiger partial charge is 0.221 e. The Morgan fingerprint density at radius 2 is 1.89 bits per heavy atom. The Bertz CT molecular complexity index is 438. The molecule has 1 amide bonds. The van der Waals surface area contributed by atoms with Crippen LogP contribution in [0.25, 0.3) is 0 Å². The van der Waals surface area contributed by atoms with Crippen molar-refractivity contribution in [2.45, 2.75) is 13.0 Å². The molecular formula is C13H19BrN2O3. The van der Waals surface area contributed by atoms with Crippen LogP contribution in [0.2, 0.25) is 0 Å². The lowest BCUT2D eigenvalue weighted by molar-refractivity contribution is -0.121. The lowest BCUT2D eigenvalue weighted by Crippen LogP contribution is -2.26. The summed E-state index contributed by atoms with van der Waals surface area (Å²) < 4.78 is 11.3. The maximum Gasteiger partial charge on any atom is 0.221 e. The third-order valence-electron chi connectivity index (χ3n) is 2.63. The molecule has 19 heavy (non-hydrogen) atoms. The average Bonchev–Trinajstić information content (AvgIpc) is 2.43. The third-order valence-corrected chi connectivity index (χ3v) is 3.37. The van der Waals surface area contributed by atoms with Crippen LogP contribution in [0, 0.1) is 0 Å². The molecule has 0 bridgehead atoms. The fraction of sp³-hybridized carbons (Fsp3) is 0.462. The highest BCUT2D eigenvalue weighted by Gasteiger charge is 2.10. The Labute approximate surface area is 121 Å².